The molecule has 0 unspecified atom stereocenters. The number of carbonyl (C=O) groups excluding carboxylic acids is 1. The summed E-state index contributed by atoms with van der Waals surface area (Å²) in [7, 11) is 3.73. The van der Waals surface area contributed by atoms with Crippen molar-refractivity contribution in [3.63, 3.8) is 0 Å². The number of nitrogens with zero attached hydrogens (tertiary/aromatic N) is 1. The average Bonchev–Trinajstić information content (AvgIpc) is 1.59. The Balaban J connectivity index is 0. The van der Waals surface area contributed by atoms with Crippen LogP contribution in [0.2, 0.25) is 0 Å². The molecule has 0 aromatic rings. The summed E-state index contributed by atoms with van der Waals surface area (Å²) >= 11 is 0. The van der Waals surface area contributed by atoms with Crippen molar-refractivity contribution in [3.05, 3.63) is 0 Å². The fourth-order valence-corrected chi connectivity index (χ4v) is 0.932. The van der Waals surface area contributed by atoms with Gasteiger partial charge in [-0.3, -0.25) is 4.84 Å². The number of hydrogen-bond donors (Lipinski definition) is 0. The number of halogens is 1. The van der Waals surface area contributed by atoms with E-state index in [1.807, 2.05) is 14.1 Å². The normalized spacial score (nSPS) is 10.2. The van der Waals surface area contributed by atoms with Crippen LogP contribution in [0.4, 0.5) is 0 Å². The van der Waals surface area contributed by atoms with Crippen LogP contribution in [0.5, 0.6) is 0 Å². The minimum atomic E-state index is -0.224. The Hall–Kier alpha value is -0.280. The largest absolute Gasteiger partial charge is 1.00 e. The highest BCUT2D eigenvalue weighted by Crippen LogP contribution is 2.00. The van der Waals surface area contributed by atoms with E-state index in [1.165, 1.54) is 6.92 Å². The van der Waals surface area contributed by atoms with Crippen molar-refractivity contribution < 1.29 is 26.7 Å². The van der Waals surface area contributed by atoms with Crippen LogP contribution in [-0.4, -0.2) is 31.3 Å². The Kier molecular flexibility index (Phi) is 6.52. The van der Waals surface area contributed by atoms with Crippen molar-refractivity contribution in [2.24, 2.45) is 0 Å². The van der Waals surface area contributed by atoms with E-state index in [9.17, 15) is 4.79 Å². The molecule has 0 aliphatic carbocycles. The lowest BCUT2D eigenvalue weighted by Crippen LogP contribution is -3.00. The Morgan fingerprint density at radius 1 is 1.45 bits per heavy atom. The van der Waals surface area contributed by atoms with Crippen molar-refractivity contribution in [2.45, 2.75) is 20.3 Å². The number of quaternary nitrogens is 1. The van der Waals surface area contributed by atoms with Crippen molar-refractivity contribution in [2.75, 3.05) is 20.6 Å². The van der Waals surface area contributed by atoms with Crippen LogP contribution in [0.3, 0.4) is 0 Å². The van der Waals surface area contributed by atoms with Crippen molar-refractivity contribution in [1.82, 2.24) is 0 Å². The quantitative estimate of drug-likeness (QED) is 0.370. The van der Waals surface area contributed by atoms with Gasteiger partial charge in [0.05, 0.1) is 0 Å². The summed E-state index contributed by atoms with van der Waals surface area (Å²) in [6.07, 6.45) is 1.01. The van der Waals surface area contributed by atoms with Gasteiger partial charge in [0.2, 0.25) is 0 Å². The van der Waals surface area contributed by atoms with Crippen LogP contribution in [-0.2, 0) is 9.63 Å². The van der Waals surface area contributed by atoms with Gasteiger partial charge >= 0.3 is 5.97 Å². The molecule has 4 heteroatoms. The van der Waals surface area contributed by atoms with Gasteiger partial charge < -0.3 is 12.4 Å². The first-order chi connectivity index (χ1) is 4.48. The lowest BCUT2D eigenvalue weighted by Gasteiger charge is -2.24. The highest BCUT2D eigenvalue weighted by Gasteiger charge is 2.17. The zero-order valence-electron chi connectivity index (χ0n) is 7.56. The SMILES string of the molecule is CCC[N+](C)(C)OC(C)=O.[Cl-]. The maximum atomic E-state index is 10.5. The van der Waals surface area contributed by atoms with Crippen molar-refractivity contribution >= 4 is 5.97 Å². The van der Waals surface area contributed by atoms with Gasteiger partial charge in [0.15, 0.2) is 0 Å². The Bertz CT molecular complexity index is 126. The van der Waals surface area contributed by atoms with Crippen LogP contribution in [0.15, 0.2) is 0 Å². The highest BCUT2D eigenvalue weighted by atomic mass is 35.5. The van der Waals surface area contributed by atoms with E-state index in [2.05, 4.69) is 6.92 Å². The van der Waals surface area contributed by atoms with Gasteiger partial charge in [0, 0.05) is 6.92 Å². The number of hydrogen-bond acceptors (Lipinski definition) is 2. The molecule has 0 radical (unpaired) electrons. The highest BCUT2D eigenvalue weighted by molar-refractivity contribution is 5.65. The van der Waals surface area contributed by atoms with Gasteiger partial charge in [-0.1, -0.05) is 6.92 Å². The molecule has 0 aromatic carbocycles. The molecule has 0 aliphatic rings. The second-order valence-electron chi connectivity index (χ2n) is 2.88. The number of hydroxylamine groups is 3. The monoisotopic (exact) mass is 181 g/mol. The van der Waals surface area contributed by atoms with Crippen molar-refractivity contribution in [3.8, 4) is 0 Å². The predicted octanol–water partition coefficient (Wildman–Crippen LogP) is -2.05. The molecule has 0 amide bonds. The number of carbonyl (C=O) groups is 1. The predicted molar refractivity (Wildman–Crippen MR) is 39.0 cm³/mol. The molecule has 0 aliphatic heterocycles. The van der Waals surface area contributed by atoms with E-state index < -0.39 is 0 Å². The Morgan fingerprint density at radius 2 is 1.91 bits per heavy atom. The minimum Gasteiger partial charge on any atom is -1.00 e. The molecule has 0 saturated carbocycles. The van der Waals surface area contributed by atoms with Gasteiger partial charge in [0.25, 0.3) is 0 Å². The summed E-state index contributed by atoms with van der Waals surface area (Å²) < 4.78 is 0.325. The Labute approximate surface area is 74.3 Å². The van der Waals surface area contributed by atoms with E-state index in [0.717, 1.165) is 13.0 Å². The lowest BCUT2D eigenvalue weighted by molar-refractivity contribution is -1.06. The first-order valence-corrected chi connectivity index (χ1v) is 3.51. The van der Waals surface area contributed by atoms with Crippen LogP contribution < -0.4 is 12.4 Å². The smallest absolute Gasteiger partial charge is 0.363 e. The zero-order chi connectivity index (χ0) is 8.20. The van der Waals surface area contributed by atoms with Crippen molar-refractivity contribution in [1.29, 1.82) is 0 Å². The molecule has 0 aromatic heterocycles. The third-order valence-electron chi connectivity index (χ3n) is 1.14. The van der Waals surface area contributed by atoms with Gasteiger partial charge in [0.1, 0.15) is 20.6 Å². The van der Waals surface area contributed by atoms with E-state index in [0.29, 0.717) is 4.65 Å². The summed E-state index contributed by atoms with van der Waals surface area (Å²) in [4.78, 5) is 15.5. The fraction of sp³-hybridized carbons (Fsp3) is 0.857. The molecule has 0 bridgehead atoms. The number of rotatable bonds is 3. The first-order valence-electron chi connectivity index (χ1n) is 3.51. The topological polar surface area (TPSA) is 26.3 Å². The maximum absolute atomic E-state index is 10.5. The lowest BCUT2D eigenvalue weighted by atomic mass is 10.4. The molecule has 11 heavy (non-hydrogen) atoms. The van der Waals surface area contributed by atoms with Crippen LogP contribution in [0.1, 0.15) is 20.3 Å². The second kappa shape index (κ2) is 5.38. The summed E-state index contributed by atoms with van der Waals surface area (Å²) in [5, 5.41) is 0. The fourth-order valence-electron chi connectivity index (χ4n) is 0.932. The van der Waals surface area contributed by atoms with Gasteiger partial charge in [-0.25, -0.2) is 4.79 Å². The van der Waals surface area contributed by atoms with Crippen LogP contribution in [0.25, 0.3) is 0 Å². The average molecular weight is 182 g/mol. The molecular weight excluding hydrogens is 166 g/mol. The molecule has 0 atom stereocenters. The molecule has 68 valence electrons. The summed E-state index contributed by atoms with van der Waals surface area (Å²) in [5.41, 5.74) is 0. The Morgan fingerprint density at radius 3 is 2.18 bits per heavy atom. The molecular formula is C7H16ClNO2. The summed E-state index contributed by atoms with van der Waals surface area (Å²) in [5.74, 6) is -0.224. The third-order valence-corrected chi connectivity index (χ3v) is 1.14. The van der Waals surface area contributed by atoms with Gasteiger partial charge in [-0.2, -0.15) is 0 Å². The standard InChI is InChI=1S/C7H16NO2.ClH/c1-5-6-8(3,4)10-7(2)9;/h5-6H2,1-4H3;1H/q+1;/p-1. The van der Waals surface area contributed by atoms with Crippen LogP contribution in [0, 0.1) is 0 Å². The molecule has 0 saturated heterocycles. The molecule has 0 rings (SSSR count). The third kappa shape index (κ3) is 7.62. The molecule has 0 spiro atoms. The van der Waals surface area contributed by atoms with E-state index in [4.69, 9.17) is 4.84 Å². The van der Waals surface area contributed by atoms with Gasteiger partial charge in [-0.15, -0.1) is 4.65 Å². The van der Waals surface area contributed by atoms with E-state index in [-0.39, 0.29) is 18.4 Å². The molecule has 0 heterocycles. The van der Waals surface area contributed by atoms with E-state index in [1.54, 1.807) is 0 Å². The summed E-state index contributed by atoms with van der Waals surface area (Å²) in [6, 6.07) is 0. The zero-order valence-corrected chi connectivity index (χ0v) is 8.31. The minimum absolute atomic E-state index is 0. The van der Waals surface area contributed by atoms with Crippen LogP contribution >= 0.6 is 0 Å². The molecule has 3 nitrogen and oxygen atoms in total. The van der Waals surface area contributed by atoms with Gasteiger partial charge in [-0.05, 0) is 6.42 Å². The molecule has 0 fully saturated rings. The first kappa shape index (κ1) is 13.3. The molecule has 0 N–H and O–H groups in total. The van der Waals surface area contributed by atoms with E-state index >= 15 is 0 Å². The second-order valence-corrected chi connectivity index (χ2v) is 2.88. The summed E-state index contributed by atoms with van der Waals surface area (Å²) in [6.45, 7) is 4.35. The maximum Gasteiger partial charge on any atom is 0.363 e.